The van der Waals surface area contributed by atoms with Crippen LogP contribution in [0.25, 0.3) is 0 Å². The first-order chi connectivity index (χ1) is 15.1. The number of amides is 1. The van der Waals surface area contributed by atoms with E-state index in [9.17, 15) is 4.79 Å². The molecule has 5 fully saturated rings. The fourth-order valence-corrected chi connectivity index (χ4v) is 7.20. The highest BCUT2D eigenvalue weighted by atomic mass is 16.5. The van der Waals surface area contributed by atoms with Crippen LogP contribution < -0.4 is 24.6 Å². The summed E-state index contributed by atoms with van der Waals surface area (Å²) in [4.78, 5) is 15.9. The molecule has 31 heavy (non-hydrogen) atoms. The smallest absolute Gasteiger partial charge is 0.275 e. The number of hydrogen-bond donors (Lipinski definition) is 3. The number of piperazine rings is 1. The van der Waals surface area contributed by atoms with E-state index in [1.165, 1.54) is 43.4 Å². The second-order valence-corrected chi connectivity index (χ2v) is 10.7. The first-order valence-electron chi connectivity index (χ1n) is 12.3. The summed E-state index contributed by atoms with van der Waals surface area (Å²) < 4.78 is 11.1. The van der Waals surface area contributed by atoms with Gasteiger partial charge in [0.05, 0.1) is 7.11 Å². The van der Waals surface area contributed by atoms with E-state index in [0.29, 0.717) is 12.5 Å². The minimum Gasteiger partial charge on any atom is -0.497 e. The Kier molecular flexibility index (Phi) is 6.11. The maximum atomic E-state index is 12.9. The normalized spacial score (nSPS) is 36.2. The number of ether oxygens (including phenoxy) is 2. The van der Waals surface area contributed by atoms with Crippen molar-refractivity contribution in [1.29, 1.82) is 0 Å². The van der Waals surface area contributed by atoms with Gasteiger partial charge in [-0.15, -0.1) is 0 Å². The molecule has 0 aromatic heterocycles. The highest BCUT2D eigenvalue weighted by Crippen LogP contribution is 2.55. The molecule has 0 spiro atoms. The molecule has 4 aliphatic carbocycles. The molecule has 1 aromatic rings. The zero-order valence-corrected chi connectivity index (χ0v) is 19.0. The number of hydrogen-bond acceptors (Lipinski definition) is 3. The minimum atomic E-state index is 0.150. The molecule has 1 aromatic carbocycles. The van der Waals surface area contributed by atoms with Gasteiger partial charge in [0.15, 0.2) is 6.54 Å². The maximum Gasteiger partial charge on any atom is 0.275 e. The minimum absolute atomic E-state index is 0.150. The molecular formula is C25H39N3O3+2. The summed E-state index contributed by atoms with van der Waals surface area (Å²) >= 11 is 0. The highest BCUT2D eigenvalue weighted by molar-refractivity contribution is 5.77. The van der Waals surface area contributed by atoms with Crippen molar-refractivity contribution in [2.24, 2.45) is 17.8 Å². The topological polar surface area (TPSA) is 56.4 Å². The summed E-state index contributed by atoms with van der Waals surface area (Å²) in [6.07, 6.45) is 8.00. The van der Waals surface area contributed by atoms with Crippen LogP contribution in [-0.4, -0.2) is 64.4 Å². The summed E-state index contributed by atoms with van der Waals surface area (Å²) in [5, 5.41) is 3.55. The van der Waals surface area contributed by atoms with E-state index in [-0.39, 0.29) is 5.54 Å². The highest BCUT2D eigenvalue weighted by Gasteiger charge is 2.51. The Hall–Kier alpha value is -1.79. The Bertz CT molecular complexity index is 722. The summed E-state index contributed by atoms with van der Waals surface area (Å²) in [7, 11) is 1.67. The predicted molar refractivity (Wildman–Crippen MR) is 119 cm³/mol. The lowest BCUT2D eigenvalue weighted by Crippen LogP contribution is -3.28. The standard InChI is InChI=1S/C25H37N3O3/c1-30-22-2-4-23(5-3-22)31-11-10-27-6-8-28(9-7-27)18-24(29)26-25-15-19-12-20(16-25)14-21(13-19)17-25/h2-5,19-21H,6-18H2,1H3,(H,26,29)/p+2. The van der Waals surface area contributed by atoms with E-state index in [1.807, 2.05) is 24.3 Å². The average molecular weight is 430 g/mol. The van der Waals surface area contributed by atoms with E-state index in [2.05, 4.69) is 5.32 Å². The molecular weight excluding hydrogens is 390 g/mol. The van der Waals surface area contributed by atoms with E-state index in [1.54, 1.807) is 12.0 Å². The van der Waals surface area contributed by atoms with Crippen molar-refractivity contribution in [1.82, 2.24) is 5.32 Å². The number of methoxy groups -OCH3 is 1. The fraction of sp³-hybridized carbons (Fsp3) is 0.720. The molecule has 170 valence electrons. The number of rotatable bonds is 8. The molecule has 1 heterocycles. The maximum absolute atomic E-state index is 12.9. The van der Waals surface area contributed by atoms with Crippen LogP contribution in [0.3, 0.4) is 0 Å². The van der Waals surface area contributed by atoms with E-state index < -0.39 is 0 Å². The third kappa shape index (κ3) is 5.01. The summed E-state index contributed by atoms with van der Waals surface area (Å²) in [6, 6.07) is 7.77. The van der Waals surface area contributed by atoms with Crippen molar-refractivity contribution in [3.8, 4) is 11.5 Å². The van der Waals surface area contributed by atoms with Crippen molar-refractivity contribution < 1.29 is 24.1 Å². The molecule has 6 nitrogen and oxygen atoms in total. The van der Waals surface area contributed by atoms with Gasteiger partial charge in [-0.3, -0.25) is 4.79 Å². The Morgan fingerprint density at radius 3 is 2.06 bits per heavy atom. The van der Waals surface area contributed by atoms with E-state index >= 15 is 0 Å². The third-order valence-electron chi connectivity index (χ3n) is 8.30. The van der Waals surface area contributed by atoms with Crippen LogP contribution >= 0.6 is 0 Å². The van der Waals surface area contributed by atoms with E-state index in [0.717, 1.165) is 68.6 Å². The number of carbonyl (C=O) groups is 1. The fourth-order valence-electron chi connectivity index (χ4n) is 7.20. The van der Waals surface area contributed by atoms with Gasteiger partial charge in [0.2, 0.25) is 0 Å². The Labute approximate surface area is 186 Å². The largest absolute Gasteiger partial charge is 0.497 e. The first-order valence-corrected chi connectivity index (χ1v) is 12.3. The van der Waals surface area contributed by atoms with Gasteiger partial charge in [0.25, 0.3) is 5.91 Å². The van der Waals surface area contributed by atoms with Gasteiger partial charge < -0.3 is 24.6 Å². The molecule has 3 N–H and O–H groups in total. The molecule has 6 heteroatoms. The van der Waals surface area contributed by atoms with Gasteiger partial charge in [-0.05, 0) is 80.5 Å². The molecule has 1 saturated heterocycles. The van der Waals surface area contributed by atoms with Crippen LogP contribution in [0.5, 0.6) is 11.5 Å². The van der Waals surface area contributed by atoms with Crippen LogP contribution in [-0.2, 0) is 4.79 Å². The summed E-state index contributed by atoms with van der Waals surface area (Å²) in [5.74, 6) is 4.68. The molecule has 4 bridgehead atoms. The van der Waals surface area contributed by atoms with Gasteiger partial charge in [-0.25, -0.2) is 0 Å². The third-order valence-corrected chi connectivity index (χ3v) is 8.30. The first kappa shape index (κ1) is 21.1. The summed E-state index contributed by atoms with van der Waals surface area (Å²) in [6.45, 7) is 6.77. The number of carbonyl (C=O) groups excluding carboxylic acids is 1. The lowest BCUT2D eigenvalue weighted by atomic mass is 9.53. The number of nitrogens with one attached hydrogen (secondary N) is 3. The van der Waals surface area contributed by atoms with Crippen molar-refractivity contribution in [3.63, 3.8) is 0 Å². The molecule has 6 rings (SSSR count). The zero-order chi connectivity index (χ0) is 21.3. The van der Waals surface area contributed by atoms with Gasteiger partial charge in [-0.1, -0.05) is 0 Å². The molecule has 0 radical (unpaired) electrons. The van der Waals surface area contributed by atoms with Gasteiger partial charge >= 0.3 is 0 Å². The van der Waals surface area contributed by atoms with E-state index in [4.69, 9.17) is 9.47 Å². The quantitative estimate of drug-likeness (QED) is 0.543. The Morgan fingerprint density at radius 2 is 1.48 bits per heavy atom. The lowest BCUT2D eigenvalue weighted by molar-refractivity contribution is -1.01. The van der Waals surface area contributed by atoms with Crippen molar-refractivity contribution >= 4 is 5.91 Å². The second kappa shape index (κ2) is 8.99. The van der Waals surface area contributed by atoms with Crippen molar-refractivity contribution in [3.05, 3.63) is 24.3 Å². The van der Waals surface area contributed by atoms with Crippen LogP contribution in [0.2, 0.25) is 0 Å². The van der Waals surface area contributed by atoms with Gasteiger partial charge in [-0.2, -0.15) is 0 Å². The Morgan fingerprint density at radius 1 is 0.935 bits per heavy atom. The predicted octanol–water partition coefficient (Wildman–Crippen LogP) is -0.0576. The monoisotopic (exact) mass is 429 g/mol. The van der Waals surface area contributed by atoms with Crippen LogP contribution in [0.1, 0.15) is 38.5 Å². The molecule has 1 aliphatic heterocycles. The summed E-state index contributed by atoms with van der Waals surface area (Å²) in [5.41, 5.74) is 0.150. The number of benzene rings is 1. The molecule has 1 amide bonds. The van der Waals surface area contributed by atoms with Crippen LogP contribution in [0.15, 0.2) is 24.3 Å². The molecule has 4 saturated carbocycles. The van der Waals surface area contributed by atoms with Crippen molar-refractivity contribution in [2.75, 3.05) is 53.0 Å². The van der Waals surface area contributed by atoms with Gasteiger partial charge in [0.1, 0.15) is 50.8 Å². The van der Waals surface area contributed by atoms with Crippen LogP contribution in [0.4, 0.5) is 0 Å². The molecule has 0 atom stereocenters. The number of quaternary nitrogens is 2. The van der Waals surface area contributed by atoms with Crippen molar-refractivity contribution in [2.45, 2.75) is 44.1 Å². The lowest BCUT2D eigenvalue weighted by Gasteiger charge is -2.56. The average Bonchev–Trinajstić information content (AvgIpc) is 2.74. The zero-order valence-electron chi connectivity index (χ0n) is 19.0. The Balaban J connectivity index is 1.01. The second-order valence-electron chi connectivity index (χ2n) is 10.7. The van der Waals surface area contributed by atoms with Gasteiger partial charge in [0, 0.05) is 5.54 Å². The molecule has 0 unspecified atom stereocenters. The molecule has 5 aliphatic rings. The SMILES string of the molecule is COc1ccc(OCC[NH+]2CC[NH+](CC(=O)NC34CC5CC(CC(C5)C3)C4)CC2)cc1. The van der Waals surface area contributed by atoms with Crippen LogP contribution in [0, 0.1) is 17.8 Å².